The van der Waals surface area contributed by atoms with Crippen molar-refractivity contribution >= 4 is 23.6 Å². The number of urea groups is 1. The van der Waals surface area contributed by atoms with Crippen LogP contribution in [0.15, 0.2) is 59.8 Å². The van der Waals surface area contributed by atoms with E-state index in [0.29, 0.717) is 40.4 Å². The van der Waals surface area contributed by atoms with Crippen LogP contribution in [-0.2, 0) is 9.53 Å². The van der Waals surface area contributed by atoms with Crippen molar-refractivity contribution in [2.45, 2.75) is 52.7 Å². The summed E-state index contributed by atoms with van der Waals surface area (Å²) in [7, 11) is 1.51. The summed E-state index contributed by atoms with van der Waals surface area (Å²) in [6.07, 6.45) is 1.42. The maximum absolute atomic E-state index is 13.1. The minimum atomic E-state index is -0.713. The number of anilines is 1. The Balaban J connectivity index is 1.95. The van der Waals surface area contributed by atoms with Gasteiger partial charge in [-0.25, -0.2) is 9.59 Å². The lowest BCUT2D eigenvalue weighted by Gasteiger charge is -2.35. The predicted molar refractivity (Wildman–Crippen MR) is 134 cm³/mol. The summed E-state index contributed by atoms with van der Waals surface area (Å²) < 4.78 is 10.8. The van der Waals surface area contributed by atoms with Gasteiger partial charge in [0.05, 0.1) is 30.4 Å². The summed E-state index contributed by atoms with van der Waals surface area (Å²) in [5, 5.41) is 5.83. The largest absolute Gasteiger partial charge is 0.496 e. The molecule has 0 saturated carbocycles. The van der Waals surface area contributed by atoms with Gasteiger partial charge < -0.3 is 20.1 Å². The first-order valence-electron chi connectivity index (χ1n) is 11.8. The topological polar surface area (TPSA) is 97.0 Å². The van der Waals surface area contributed by atoms with Crippen molar-refractivity contribution in [3.8, 4) is 5.75 Å². The molecule has 2 aromatic rings. The normalized spacial score (nSPS) is 15.7. The van der Waals surface area contributed by atoms with Crippen LogP contribution in [0.1, 0.15) is 62.5 Å². The van der Waals surface area contributed by atoms with Crippen molar-refractivity contribution in [1.29, 1.82) is 0 Å². The lowest BCUT2D eigenvalue weighted by Crippen LogP contribution is -2.48. The molecule has 0 spiro atoms. The standard InChI is InChI=1S/C27H33N3O5/c1-6-7-15-30-18(4)23(26(32)35-17(2)3)24(29-27(30)33)19-11-10-12-20(16-19)28-25(31)21-13-8-9-14-22(21)34-5/h8-14,16-17,24H,6-7,15H2,1-5H3,(H,28,31)(H,29,33). The number of nitrogens with zero attached hydrogens (tertiary/aromatic N) is 1. The van der Waals surface area contributed by atoms with E-state index in [0.717, 1.165) is 12.8 Å². The van der Waals surface area contributed by atoms with Crippen LogP contribution in [0.5, 0.6) is 5.75 Å². The van der Waals surface area contributed by atoms with Crippen molar-refractivity contribution in [3.05, 3.63) is 70.9 Å². The van der Waals surface area contributed by atoms with Gasteiger partial charge in [-0.2, -0.15) is 0 Å². The number of methoxy groups -OCH3 is 1. The van der Waals surface area contributed by atoms with Gasteiger partial charge >= 0.3 is 12.0 Å². The second-order valence-electron chi connectivity index (χ2n) is 8.62. The molecule has 8 heteroatoms. The molecule has 0 aliphatic carbocycles. The molecule has 1 unspecified atom stereocenters. The van der Waals surface area contributed by atoms with Gasteiger partial charge in [0.15, 0.2) is 0 Å². The van der Waals surface area contributed by atoms with Crippen LogP contribution >= 0.6 is 0 Å². The van der Waals surface area contributed by atoms with Crippen molar-refractivity contribution < 1.29 is 23.9 Å². The third-order valence-corrected chi connectivity index (χ3v) is 5.72. The third-order valence-electron chi connectivity index (χ3n) is 5.72. The number of amides is 3. The van der Waals surface area contributed by atoms with Crippen LogP contribution in [-0.4, -0.2) is 42.6 Å². The van der Waals surface area contributed by atoms with Gasteiger partial charge in [0.25, 0.3) is 5.91 Å². The Morgan fingerprint density at radius 2 is 1.89 bits per heavy atom. The molecule has 0 radical (unpaired) electrons. The van der Waals surface area contributed by atoms with E-state index < -0.39 is 12.0 Å². The van der Waals surface area contributed by atoms with E-state index in [1.807, 2.05) is 6.92 Å². The first-order valence-corrected chi connectivity index (χ1v) is 11.8. The molecule has 0 saturated heterocycles. The van der Waals surface area contributed by atoms with Gasteiger partial charge in [0.2, 0.25) is 0 Å². The molecule has 8 nitrogen and oxygen atoms in total. The molecule has 3 amide bonds. The maximum atomic E-state index is 13.1. The van der Waals surface area contributed by atoms with Crippen molar-refractivity contribution in [2.75, 3.05) is 19.0 Å². The number of para-hydroxylation sites is 1. The second-order valence-corrected chi connectivity index (χ2v) is 8.62. The second kappa shape index (κ2) is 11.6. The zero-order valence-corrected chi connectivity index (χ0v) is 20.9. The molecule has 0 bridgehead atoms. The van der Waals surface area contributed by atoms with E-state index in [4.69, 9.17) is 9.47 Å². The van der Waals surface area contributed by atoms with E-state index in [1.54, 1.807) is 74.2 Å². The average molecular weight is 480 g/mol. The number of carbonyl (C=O) groups excluding carboxylic acids is 3. The molecular formula is C27H33N3O5. The Morgan fingerprint density at radius 1 is 1.14 bits per heavy atom. The predicted octanol–water partition coefficient (Wildman–Crippen LogP) is 5.04. The molecule has 2 N–H and O–H groups in total. The minimum absolute atomic E-state index is 0.273. The van der Waals surface area contributed by atoms with Crippen molar-refractivity contribution in [3.63, 3.8) is 0 Å². The molecule has 1 heterocycles. The molecule has 35 heavy (non-hydrogen) atoms. The smallest absolute Gasteiger partial charge is 0.338 e. The molecule has 0 fully saturated rings. The fourth-order valence-corrected chi connectivity index (χ4v) is 3.99. The van der Waals surface area contributed by atoms with Gasteiger partial charge in [0.1, 0.15) is 5.75 Å². The van der Waals surface area contributed by atoms with E-state index >= 15 is 0 Å². The highest BCUT2D eigenvalue weighted by molar-refractivity contribution is 6.06. The molecule has 1 atom stereocenters. The van der Waals surface area contributed by atoms with Crippen LogP contribution in [0.2, 0.25) is 0 Å². The van der Waals surface area contributed by atoms with Crippen LogP contribution < -0.4 is 15.4 Å². The SMILES string of the molecule is CCCCN1C(=O)NC(c2cccc(NC(=O)c3ccccc3OC)c2)C(C(=O)OC(C)C)=C1C. The van der Waals surface area contributed by atoms with Crippen molar-refractivity contribution in [1.82, 2.24) is 10.2 Å². The van der Waals surface area contributed by atoms with Crippen LogP contribution in [0, 0.1) is 0 Å². The summed E-state index contributed by atoms with van der Waals surface area (Å²) in [5.41, 5.74) is 2.52. The number of carbonyl (C=O) groups is 3. The third kappa shape index (κ3) is 6.01. The van der Waals surface area contributed by atoms with Crippen LogP contribution in [0.25, 0.3) is 0 Å². The Bertz CT molecular complexity index is 1130. The number of allylic oxidation sites excluding steroid dienone is 1. The average Bonchev–Trinajstić information content (AvgIpc) is 2.83. The highest BCUT2D eigenvalue weighted by atomic mass is 16.5. The monoisotopic (exact) mass is 479 g/mol. The number of benzene rings is 2. The van der Waals surface area contributed by atoms with Gasteiger partial charge in [0, 0.05) is 17.9 Å². The molecule has 3 rings (SSSR count). The quantitative estimate of drug-likeness (QED) is 0.491. The molecule has 186 valence electrons. The summed E-state index contributed by atoms with van der Waals surface area (Å²) >= 11 is 0. The van der Waals surface area contributed by atoms with Gasteiger partial charge in [-0.3, -0.25) is 9.69 Å². The van der Waals surface area contributed by atoms with E-state index in [1.165, 1.54) is 7.11 Å². The number of rotatable bonds is 9. The number of unbranched alkanes of at least 4 members (excludes halogenated alkanes) is 1. The summed E-state index contributed by atoms with van der Waals surface area (Å²) in [6, 6.07) is 13.0. The molecule has 2 aromatic carbocycles. The number of esters is 1. The molecular weight excluding hydrogens is 446 g/mol. The minimum Gasteiger partial charge on any atom is -0.496 e. The lowest BCUT2D eigenvalue weighted by atomic mass is 9.94. The number of hydrogen-bond acceptors (Lipinski definition) is 5. The molecule has 1 aliphatic rings. The fraction of sp³-hybridized carbons (Fsp3) is 0.370. The first kappa shape index (κ1) is 25.8. The fourth-order valence-electron chi connectivity index (χ4n) is 3.99. The van der Waals surface area contributed by atoms with Crippen molar-refractivity contribution in [2.24, 2.45) is 0 Å². The molecule has 1 aliphatic heterocycles. The van der Waals surface area contributed by atoms with Gasteiger partial charge in [-0.15, -0.1) is 0 Å². The zero-order chi connectivity index (χ0) is 25.5. The van der Waals surface area contributed by atoms with Crippen LogP contribution in [0.3, 0.4) is 0 Å². The lowest BCUT2D eigenvalue weighted by molar-refractivity contribution is -0.143. The van der Waals surface area contributed by atoms with E-state index in [2.05, 4.69) is 10.6 Å². The maximum Gasteiger partial charge on any atom is 0.338 e. The summed E-state index contributed by atoms with van der Waals surface area (Å²) in [4.78, 5) is 40.5. The first-order chi connectivity index (χ1) is 16.8. The van der Waals surface area contributed by atoms with E-state index in [-0.39, 0.29) is 18.0 Å². The number of nitrogens with one attached hydrogen (secondary N) is 2. The van der Waals surface area contributed by atoms with Gasteiger partial charge in [-0.1, -0.05) is 37.6 Å². The Hall–Kier alpha value is -3.81. The zero-order valence-electron chi connectivity index (χ0n) is 20.9. The number of ether oxygens (including phenoxy) is 2. The van der Waals surface area contributed by atoms with Crippen LogP contribution in [0.4, 0.5) is 10.5 Å². The van der Waals surface area contributed by atoms with Gasteiger partial charge in [-0.05, 0) is 57.0 Å². The molecule has 0 aromatic heterocycles. The Kier molecular flexibility index (Phi) is 8.52. The summed E-state index contributed by atoms with van der Waals surface area (Å²) in [6.45, 7) is 7.89. The Morgan fingerprint density at radius 3 is 2.57 bits per heavy atom. The highest BCUT2D eigenvalue weighted by Crippen LogP contribution is 2.33. The van der Waals surface area contributed by atoms with E-state index in [9.17, 15) is 14.4 Å². The summed E-state index contributed by atoms with van der Waals surface area (Å²) in [5.74, 6) is -0.346. The highest BCUT2D eigenvalue weighted by Gasteiger charge is 2.36. The number of hydrogen-bond donors (Lipinski definition) is 2. The Labute approximate surface area is 206 Å².